The van der Waals surface area contributed by atoms with Crippen LogP contribution < -0.4 is 0 Å². The van der Waals surface area contributed by atoms with Gasteiger partial charge in [0, 0.05) is 9.75 Å². The van der Waals surface area contributed by atoms with Gasteiger partial charge in [0.05, 0.1) is 0 Å². The standard InChI is InChI=1S/C13H14S/c1-5-9-11-10(6-2)12(7-3)14-13(11)8-4/h5-9H,2-4H2,1H3/b9-5-. The second-order valence-electron chi connectivity index (χ2n) is 2.77. The molecule has 0 N–H and O–H groups in total. The van der Waals surface area contributed by atoms with Crippen LogP contribution in [0.15, 0.2) is 25.8 Å². The van der Waals surface area contributed by atoms with Gasteiger partial charge in [0.1, 0.15) is 0 Å². The normalized spacial score (nSPS) is 10.4. The summed E-state index contributed by atoms with van der Waals surface area (Å²) < 4.78 is 0. The summed E-state index contributed by atoms with van der Waals surface area (Å²) in [6.45, 7) is 13.4. The Morgan fingerprint density at radius 3 is 1.93 bits per heavy atom. The van der Waals surface area contributed by atoms with Gasteiger partial charge < -0.3 is 0 Å². The molecule has 0 atom stereocenters. The second kappa shape index (κ2) is 4.77. The minimum Gasteiger partial charge on any atom is -0.135 e. The summed E-state index contributed by atoms with van der Waals surface area (Å²) in [4.78, 5) is 2.33. The van der Waals surface area contributed by atoms with Crippen LogP contribution in [-0.4, -0.2) is 0 Å². The van der Waals surface area contributed by atoms with E-state index in [1.165, 1.54) is 10.4 Å². The van der Waals surface area contributed by atoms with Crippen molar-refractivity contribution in [1.82, 2.24) is 0 Å². The molecule has 1 heterocycles. The maximum atomic E-state index is 3.82. The predicted octanol–water partition coefficient (Wildman–Crippen LogP) is 4.71. The molecule has 0 unspecified atom stereocenters. The molecule has 0 aromatic carbocycles. The van der Waals surface area contributed by atoms with E-state index in [9.17, 15) is 0 Å². The van der Waals surface area contributed by atoms with Crippen LogP contribution in [0.1, 0.15) is 27.8 Å². The van der Waals surface area contributed by atoms with Crippen LogP contribution in [0.3, 0.4) is 0 Å². The number of thiophene rings is 1. The molecule has 0 aliphatic carbocycles. The molecule has 0 saturated carbocycles. The summed E-state index contributed by atoms with van der Waals surface area (Å²) in [5, 5.41) is 0. The van der Waals surface area contributed by atoms with Gasteiger partial charge in [-0.3, -0.25) is 0 Å². The number of hydrogen-bond donors (Lipinski definition) is 0. The van der Waals surface area contributed by atoms with Crippen LogP contribution in [0.2, 0.25) is 0 Å². The lowest BCUT2D eigenvalue weighted by Crippen LogP contribution is -1.76. The van der Waals surface area contributed by atoms with E-state index in [2.05, 4.69) is 25.8 Å². The van der Waals surface area contributed by atoms with Crippen molar-refractivity contribution in [2.24, 2.45) is 0 Å². The van der Waals surface area contributed by atoms with Gasteiger partial charge in [0.15, 0.2) is 0 Å². The Morgan fingerprint density at radius 1 is 0.929 bits per heavy atom. The monoisotopic (exact) mass is 202 g/mol. The second-order valence-corrected chi connectivity index (χ2v) is 3.85. The van der Waals surface area contributed by atoms with E-state index in [0.29, 0.717) is 0 Å². The molecule has 14 heavy (non-hydrogen) atoms. The molecule has 1 aromatic rings. The Hall–Kier alpha value is -1.34. The summed E-state index contributed by atoms with van der Waals surface area (Å²) in [6.07, 6.45) is 9.71. The Morgan fingerprint density at radius 2 is 1.50 bits per heavy atom. The largest absolute Gasteiger partial charge is 0.135 e. The first-order valence-corrected chi connectivity index (χ1v) is 5.26. The highest BCUT2D eigenvalue weighted by atomic mass is 32.1. The van der Waals surface area contributed by atoms with Crippen molar-refractivity contribution in [2.45, 2.75) is 6.92 Å². The van der Waals surface area contributed by atoms with Crippen LogP contribution in [0, 0.1) is 0 Å². The van der Waals surface area contributed by atoms with Gasteiger partial charge in [-0.05, 0) is 18.1 Å². The van der Waals surface area contributed by atoms with Gasteiger partial charge in [-0.15, -0.1) is 11.3 Å². The SMILES string of the molecule is C=Cc1sc(C=C)c(/C=C\C)c1C=C. The van der Waals surface area contributed by atoms with Gasteiger partial charge in [-0.1, -0.05) is 50.1 Å². The topological polar surface area (TPSA) is 0 Å². The molecular formula is C13H14S. The molecule has 0 aliphatic heterocycles. The van der Waals surface area contributed by atoms with Gasteiger partial charge in [0.25, 0.3) is 0 Å². The Labute approximate surface area is 89.6 Å². The fourth-order valence-corrected chi connectivity index (χ4v) is 2.34. The van der Waals surface area contributed by atoms with E-state index in [1.54, 1.807) is 11.3 Å². The maximum absolute atomic E-state index is 3.82. The smallest absolute Gasteiger partial charge is 0.0349 e. The minimum absolute atomic E-state index is 1.15. The molecule has 0 spiro atoms. The highest BCUT2D eigenvalue weighted by Crippen LogP contribution is 2.32. The minimum atomic E-state index is 1.15. The lowest BCUT2D eigenvalue weighted by molar-refractivity contribution is 1.70. The summed E-state index contributed by atoms with van der Waals surface area (Å²) in [5.74, 6) is 0. The molecule has 0 aliphatic rings. The first-order chi connectivity index (χ1) is 6.78. The van der Waals surface area contributed by atoms with Crippen molar-refractivity contribution in [1.29, 1.82) is 0 Å². The first kappa shape index (κ1) is 10.7. The van der Waals surface area contributed by atoms with Crippen molar-refractivity contribution in [3.8, 4) is 0 Å². The van der Waals surface area contributed by atoms with Crippen LogP contribution in [0.5, 0.6) is 0 Å². The van der Waals surface area contributed by atoms with Crippen LogP contribution in [0.25, 0.3) is 24.3 Å². The first-order valence-electron chi connectivity index (χ1n) is 4.45. The molecule has 0 bridgehead atoms. The fourth-order valence-electron chi connectivity index (χ4n) is 1.35. The van der Waals surface area contributed by atoms with Crippen molar-refractivity contribution < 1.29 is 0 Å². The lowest BCUT2D eigenvalue weighted by atomic mass is 10.1. The zero-order chi connectivity index (χ0) is 10.6. The molecule has 0 radical (unpaired) electrons. The van der Waals surface area contributed by atoms with Crippen molar-refractivity contribution in [3.63, 3.8) is 0 Å². The Bertz CT molecular complexity index is 392. The van der Waals surface area contributed by atoms with E-state index in [1.807, 2.05) is 31.2 Å². The third-order valence-corrected chi connectivity index (χ3v) is 3.16. The molecule has 1 aromatic heterocycles. The Balaban J connectivity index is 3.47. The zero-order valence-corrected chi connectivity index (χ0v) is 9.23. The molecule has 0 amide bonds. The summed E-state index contributed by atoms with van der Waals surface area (Å²) >= 11 is 1.69. The van der Waals surface area contributed by atoms with Crippen LogP contribution in [-0.2, 0) is 0 Å². The van der Waals surface area contributed by atoms with Gasteiger partial charge >= 0.3 is 0 Å². The van der Waals surface area contributed by atoms with Gasteiger partial charge in [-0.25, -0.2) is 0 Å². The van der Waals surface area contributed by atoms with E-state index < -0.39 is 0 Å². The lowest BCUT2D eigenvalue weighted by Gasteiger charge is -1.94. The van der Waals surface area contributed by atoms with Crippen molar-refractivity contribution in [2.75, 3.05) is 0 Å². The van der Waals surface area contributed by atoms with Crippen molar-refractivity contribution >= 4 is 35.6 Å². The van der Waals surface area contributed by atoms with E-state index in [0.717, 1.165) is 10.4 Å². The van der Waals surface area contributed by atoms with Crippen LogP contribution >= 0.6 is 11.3 Å². The van der Waals surface area contributed by atoms with E-state index >= 15 is 0 Å². The highest BCUT2D eigenvalue weighted by Gasteiger charge is 2.09. The summed E-state index contributed by atoms with van der Waals surface area (Å²) in [5.41, 5.74) is 2.34. The quantitative estimate of drug-likeness (QED) is 0.663. The molecule has 1 rings (SSSR count). The molecule has 1 heteroatoms. The van der Waals surface area contributed by atoms with Gasteiger partial charge in [0.2, 0.25) is 0 Å². The molecular weight excluding hydrogens is 188 g/mol. The molecule has 72 valence electrons. The average molecular weight is 202 g/mol. The summed E-state index contributed by atoms with van der Waals surface area (Å²) in [7, 11) is 0. The van der Waals surface area contributed by atoms with Crippen LogP contribution in [0.4, 0.5) is 0 Å². The average Bonchev–Trinajstić information content (AvgIpc) is 2.56. The summed E-state index contributed by atoms with van der Waals surface area (Å²) in [6, 6.07) is 0. The van der Waals surface area contributed by atoms with Gasteiger partial charge in [-0.2, -0.15) is 0 Å². The van der Waals surface area contributed by atoms with Crippen molar-refractivity contribution in [3.05, 3.63) is 46.7 Å². The molecule has 0 fully saturated rings. The fraction of sp³-hybridized carbons (Fsp3) is 0.0769. The predicted molar refractivity (Wildman–Crippen MR) is 69.3 cm³/mol. The number of allylic oxidation sites excluding steroid dienone is 1. The zero-order valence-electron chi connectivity index (χ0n) is 8.42. The Kier molecular flexibility index (Phi) is 3.66. The maximum Gasteiger partial charge on any atom is 0.0349 e. The molecule has 0 saturated heterocycles. The highest BCUT2D eigenvalue weighted by molar-refractivity contribution is 7.14. The van der Waals surface area contributed by atoms with E-state index in [-0.39, 0.29) is 0 Å². The third kappa shape index (κ3) is 1.78. The van der Waals surface area contributed by atoms with E-state index in [4.69, 9.17) is 0 Å². The third-order valence-electron chi connectivity index (χ3n) is 1.95. The number of rotatable bonds is 4. The molecule has 0 nitrogen and oxygen atoms in total. The number of hydrogen-bond acceptors (Lipinski definition) is 1.